The van der Waals surface area contributed by atoms with Gasteiger partial charge in [-0.1, -0.05) is 26.0 Å². The molecule has 1 aromatic heterocycles. The van der Waals surface area contributed by atoms with Gasteiger partial charge in [0, 0.05) is 12.2 Å². The van der Waals surface area contributed by atoms with Crippen LogP contribution < -0.4 is 0 Å². The molecule has 3 nitrogen and oxygen atoms in total. The molecule has 0 aliphatic heterocycles. The number of aromatic nitrogens is 3. The van der Waals surface area contributed by atoms with Gasteiger partial charge in [0.2, 0.25) is 0 Å². The van der Waals surface area contributed by atoms with E-state index in [1.54, 1.807) is 10.9 Å². The zero-order valence-electron chi connectivity index (χ0n) is 8.65. The van der Waals surface area contributed by atoms with Gasteiger partial charge in [-0.3, -0.25) is 4.68 Å². The van der Waals surface area contributed by atoms with Gasteiger partial charge < -0.3 is 0 Å². The molecule has 0 N–H and O–H groups in total. The molecule has 0 aromatic carbocycles. The molecule has 0 fully saturated rings. The van der Waals surface area contributed by atoms with Gasteiger partial charge in [0.05, 0.1) is 6.20 Å². The fourth-order valence-corrected chi connectivity index (χ4v) is 0.493. The zero-order valence-corrected chi connectivity index (χ0v) is 8.65. The Balaban J connectivity index is 0.000000261. The van der Waals surface area contributed by atoms with E-state index in [1.165, 1.54) is 0 Å². The number of hydrogen-bond donors (Lipinski definition) is 0. The molecule has 70 valence electrons. The molecule has 0 aliphatic carbocycles. The van der Waals surface area contributed by atoms with Crippen molar-refractivity contribution in [1.29, 1.82) is 0 Å². The van der Waals surface area contributed by atoms with E-state index in [0.717, 1.165) is 5.92 Å². The van der Waals surface area contributed by atoms with Crippen molar-refractivity contribution in [3.05, 3.63) is 12.4 Å². The molecule has 1 rings (SSSR count). The maximum atomic E-state index is 3.78. The molecule has 3 heteroatoms. The molecule has 0 amide bonds. The zero-order chi connectivity index (χ0) is 9.56. The summed E-state index contributed by atoms with van der Waals surface area (Å²) in [5.41, 5.74) is 0. The van der Waals surface area contributed by atoms with Crippen LogP contribution in [0.3, 0.4) is 0 Å². The van der Waals surface area contributed by atoms with Gasteiger partial charge in [-0.05, 0) is 19.8 Å². The van der Waals surface area contributed by atoms with Crippen LogP contribution in [0.2, 0.25) is 0 Å². The summed E-state index contributed by atoms with van der Waals surface area (Å²) in [6, 6.07) is 0.428. The van der Waals surface area contributed by atoms with E-state index >= 15 is 0 Å². The van der Waals surface area contributed by atoms with Crippen LogP contribution in [0, 0.1) is 5.92 Å². The lowest BCUT2D eigenvalue weighted by molar-refractivity contribution is 0.514. The van der Waals surface area contributed by atoms with Crippen LogP contribution in [-0.4, -0.2) is 15.0 Å². The van der Waals surface area contributed by atoms with Crippen molar-refractivity contribution in [3.63, 3.8) is 0 Å². The quantitative estimate of drug-likeness (QED) is 0.646. The predicted molar refractivity (Wildman–Crippen MR) is 50.9 cm³/mol. The Morgan fingerprint density at radius 2 is 1.58 bits per heavy atom. The van der Waals surface area contributed by atoms with Gasteiger partial charge in [0.15, 0.2) is 0 Å². The first-order valence-electron chi connectivity index (χ1n) is 4.39. The Labute approximate surface area is 74.8 Å². The SMILES string of the molecule is CC(C)C.CC(C)n1ccnn1. The Kier molecular flexibility index (Phi) is 5.34. The molecule has 0 aliphatic rings. The van der Waals surface area contributed by atoms with Gasteiger partial charge in [-0.25, -0.2) is 0 Å². The van der Waals surface area contributed by atoms with Crippen LogP contribution in [0.25, 0.3) is 0 Å². The highest BCUT2D eigenvalue weighted by atomic mass is 15.4. The second kappa shape index (κ2) is 5.75. The van der Waals surface area contributed by atoms with Crippen LogP contribution in [0.15, 0.2) is 12.4 Å². The average Bonchev–Trinajstić information content (AvgIpc) is 2.34. The van der Waals surface area contributed by atoms with Gasteiger partial charge in [-0.15, -0.1) is 5.10 Å². The highest BCUT2D eigenvalue weighted by molar-refractivity contribution is 4.66. The van der Waals surface area contributed by atoms with E-state index in [-0.39, 0.29) is 0 Å². The Morgan fingerprint density at radius 3 is 1.75 bits per heavy atom. The monoisotopic (exact) mass is 169 g/mol. The lowest BCUT2D eigenvalue weighted by Crippen LogP contribution is -2.00. The summed E-state index contributed by atoms with van der Waals surface area (Å²) in [5, 5.41) is 7.44. The van der Waals surface area contributed by atoms with Crippen LogP contribution in [-0.2, 0) is 0 Å². The minimum atomic E-state index is 0.428. The summed E-state index contributed by atoms with van der Waals surface area (Å²) < 4.78 is 1.81. The van der Waals surface area contributed by atoms with Crippen molar-refractivity contribution in [2.45, 2.75) is 40.7 Å². The standard InChI is InChI=1S/C5H9N3.C4H10/c1-5(2)8-4-3-6-7-8;1-4(2)3/h3-5H,1-2H3;4H,1-3H3. The fourth-order valence-electron chi connectivity index (χ4n) is 0.493. The topological polar surface area (TPSA) is 30.7 Å². The van der Waals surface area contributed by atoms with Gasteiger partial charge in [-0.2, -0.15) is 0 Å². The first-order valence-corrected chi connectivity index (χ1v) is 4.39. The van der Waals surface area contributed by atoms with E-state index in [2.05, 4.69) is 44.9 Å². The van der Waals surface area contributed by atoms with E-state index in [1.807, 2.05) is 6.20 Å². The Morgan fingerprint density at radius 1 is 1.08 bits per heavy atom. The third-order valence-electron chi connectivity index (χ3n) is 0.970. The minimum Gasteiger partial charge on any atom is -0.250 e. The lowest BCUT2D eigenvalue weighted by atomic mass is 10.3. The number of hydrogen-bond acceptors (Lipinski definition) is 2. The maximum Gasteiger partial charge on any atom is 0.0693 e. The smallest absolute Gasteiger partial charge is 0.0693 e. The molecule has 0 unspecified atom stereocenters. The first kappa shape index (κ1) is 11.1. The normalized spacial score (nSPS) is 9.92. The van der Waals surface area contributed by atoms with Gasteiger partial charge in [0.1, 0.15) is 0 Å². The molecule has 0 radical (unpaired) electrons. The molecule has 0 bridgehead atoms. The number of nitrogens with zero attached hydrogens (tertiary/aromatic N) is 3. The molecular formula is C9H19N3. The van der Waals surface area contributed by atoms with E-state index < -0.39 is 0 Å². The summed E-state index contributed by atoms with van der Waals surface area (Å²) in [6.45, 7) is 10.6. The molecule has 1 aromatic rings. The maximum absolute atomic E-state index is 3.78. The van der Waals surface area contributed by atoms with Crippen molar-refractivity contribution in [3.8, 4) is 0 Å². The lowest BCUT2D eigenvalue weighted by Gasteiger charge is -2.00. The molecule has 0 spiro atoms. The number of rotatable bonds is 1. The summed E-state index contributed by atoms with van der Waals surface area (Å²) in [4.78, 5) is 0. The third kappa shape index (κ3) is 5.89. The molecule has 0 atom stereocenters. The van der Waals surface area contributed by atoms with E-state index in [9.17, 15) is 0 Å². The van der Waals surface area contributed by atoms with Crippen molar-refractivity contribution in [1.82, 2.24) is 15.0 Å². The second-order valence-electron chi connectivity index (χ2n) is 3.71. The molecule has 1 heterocycles. The van der Waals surface area contributed by atoms with Crippen LogP contribution in [0.5, 0.6) is 0 Å². The minimum absolute atomic E-state index is 0.428. The van der Waals surface area contributed by atoms with Crippen LogP contribution in [0.4, 0.5) is 0 Å². The molecule has 0 saturated carbocycles. The second-order valence-corrected chi connectivity index (χ2v) is 3.71. The molecular weight excluding hydrogens is 150 g/mol. The highest BCUT2D eigenvalue weighted by Crippen LogP contribution is 1.96. The molecule has 12 heavy (non-hydrogen) atoms. The Hall–Kier alpha value is -0.860. The molecule has 0 saturated heterocycles. The van der Waals surface area contributed by atoms with E-state index in [0.29, 0.717) is 6.04 Å². The fraction of sp³-hybridized carbons (Fsp3) is 0.778. The Bertz CT molecular complexity index is 175. The van der Waals surface area contributed by atoms with Crippen molar-refractivity contribution in [2.24, 2.45) is 5.92 Å². The summed E-state index contributed by atoms with van der Waals surface area (Å²) in [7, 11) is 0. The average molecular weight is 169 g/mol. The van der Waals surface area contributed by atoms with Gasteiger partial charge in [0.25, 0.3) is 0 Å². The summed E-state index contributed by atoms with van der Waals surface area (Å²) >= 11 is 0. The largest absolute Gasteiger partial charge is 0.250 e. The van der Waals surface area contributed by atoms with Gasteiger partial charge >= 0.3 is 0 Å². The van der Waals surface area contributed by atoms with Crippen LogP contribution in [0.1, 0.15) is 40.7 Å². The summed E-state index contributed by atoms with van der Waals surface area (Å²) in [6.07, 6.45) is 3.53. The van der Waals surface area contributed by atoms with Crippen LogP contribution >= 0.6 is 0 Å². The summed E-state index contributed by atoms with van der Waals surface area (Å²) in [5.74, 6) is 0.833. The van der Waals surface area contributed by atoms with Crippen molar-refractivity contribution >= 4 is 0 Å². The highest BCUT2D eigenvalue weighted by Gasteiger charge is 1.92. The first-order chi connectivity index (χ1) is 5.54. The predicted octanol–water partition coefficient (Wildman–Crippen LogP) is 2.52. The van der Waals surface area contributed by atoms with E-state index in [4.69, 9.17) is 0 Å². The van der Waals surface area contributed by atoms with Crippen molar-refractivity contribution in [2.75, 3.05) is 0 Å². The van der Waals surface area contributed by atoms with Crippen molar-refractivity contribution < 1.29 is 0 Å². The third-order valence-corrected chi connectivity index (χ3v) is 0.970.